The molecule has 1 aromatic carbocycles. The van der Waals surface area contributed by atoms with Crippen molar-refractivity contribution in [2.75, 3.05) is 5.32 Å². The number of amides is 1. The molecule has 0 aliphatic carbocycles. The summed E-state index contributed by atoms with van der Waals surface area (Å²) in [6, 6.07) is 5.66. The zero-order valence-electron chi connectivity index (χ0n) is 11.1. The Kier molecular flexibility index (Phi) is 5.28. The van der Waals surface area contributed by atoms with Gasteiger partial charge in [0.1, 0.15) is 4.99 Å². The summed E-state index contributed by atoms with van der Waals surface area (Å²) in [4.78, 5) is 12.4. The van der Waals surface area contributed by atoms with Crippen molar-refractivity contribution >= 4 is 28.8 Å². The number of thiocarbonyl (C=S) groups is 1. The largest absolute Gasteiger partial charge is 0.389 e. The quantitative estimate of drug-likeness (QED) is 0.804. The average molecular weight is 264 g/mol. The maximum atomic E-state index is 12.1. The van der Waals surface area contributed by atoms with Crippen molar-refractivity contribution in [3.8, 4) is 0 Å². The Morgan fingerprint density at radius 1 is 1.39 bits per heavy atom. The molecule has 0 saturated heterocycles. The van der Waals surface area contributed by atoms with Crippen LogP contribution in [0.1, 0.15) is 37.8 Å². The molecule has 0 spiro atoms. The minimum atomic E-state index is 0.0306. The monoisotopic (exact) mass is 264 g/mol. The van der Waals surface area contributed by atoms with E-state index in [1.54, 1.807) is 0 Å². The first-order valence-electron chi connectivity index (χ1n) is 6.21. The maximum absolute atomic E-state index is 12.1. The first-order chi connectivity index (χ1) is 8.51. The minimum Gasteiger partial charge on any atom is -0.389 e. The molecule has 3 N–H and O–H groups in total. The topological polar surface area (TPSA) is 55.1 Å². The van der Waals surface area contributed by atoms with E-state index in [0.717, 1.165) is 24.0 Å². The molecule has 0 atom stereocenters. The third-order valence-corrected chi connectivity index (χ3v) is 3.34. The van der Waals surface area contributed by atoms with Crippen LogP contribution in [0.25, 0.3) is 0 Å². The molecule has 1 rings (SSSR count). The lowest BCUT2D eigenvalue weighted by molar-refractivity contribution is -0.120. The molecule has 0 saturated carbocycles. The van der Waals surface area contributed by atoms with Crippen LogP contribution in [0.4, 0.5) is 5.69 Å². The van der Waals surface area contributed by atoms with Crippen LogP contribution in [0.5, 0.6) is 0 Å². The van der Waals surface area contributed by atoms with Crippen molar-refractivity contribution in [3.63, 3.8) is 0 Å². The number of rotatable bonds is 5. The summed E-state index contributed by atoms with van der Waals surface area (Å²) in [5.74, 6) is 0.0628. The van der Waals surface area contributed by atoms with Gasteiger partial charge in [-0.15, -0.1) is 0 Å². The normalized spacial score (nSPS) is 10.4. The van der Waals surface area contributed by atoms with Crippen molar-refractivity contribution in [3.05, 3.63) is 29.3 Å². The third kappa shape index (κ3) is 3.29. The van der Waals surface area contributed by atoms with Crippen LogP contribution >= 0.6 is 12.2 Å². The van der Waals surface area contributed by atoms with Gasteiger partial charge in [-0.25, -0.2) is 0 Å². The smallest absolute Gasteiger partial charge is 0.227 e. The summed E-state index contributed by atoms with van der Waals surface area (Å²) in [6.45, 7) is 5.96. The van der Waals surface area contributed by atoms with E-state index in [2.05, 4.69) is 5.32 Å². The Morgan fingerprint density at radius 3 is 2.50 bits per heavy atom. The first kappa shape index (κ1) is 14.6. The highest BCUT2D eigenvalue weighted by Gasteiger charge is 2.16. The summed E-state index contributed by atoms with van der Waals surface area (Å²) in [5, 5.41) is 2.93. The zero-order chi connectivity index (χ0) is 13.7. The third-order valence-electron chi connectivity index (χ3n) is 3.13. The van der Waals surface area contributed by atoms with Crippen LogP contribution in [-0.2, 0) is 4.79 Å². The van der Waals surface area contributed by atoms with Gasteiger partial charge in [0.15, 0.2) is 0 Å². The Balaban J connectivity index is 3.01. The molecule has 4 heteroatoms. The second kappa shape index (κ2) is 6.50. The number of carbonyl (C=O) groups is 1. The van der Waals surface area contributed by atoms with E-state index in [1.165, 1.54) is 0 Å². The van der Waals surface area contributed by atoms with Crippen molar-refractivity contribution < 1.29 is 4.79 Å². The van der Waals surface area contributed by atoms with Crippen LogP contribution < -0.4 is 11.1 Å². The van der Waals surface area contributed by atoms with E-state index >= 15 is 0 Å². The number of anilines is 1. The molecule has 0 aliphatic rings. The van der Waals surface area contributed by atoms with Crippen LogP contribution in [0, 0.1) is 12.8 Å². The lowest BCUT2D eigenvalue weighted by atomic mass is 10.0. The van der Waals surface area contributed by atoms with Crippen molar-refractivity contribution in [1.29, 1.82) is 0 Å². The van der Waals surface area contributed by atoms with Gasteiger partial charge in [0, 0.05) is 11.5 Å². The fraction of sp³-hybridized carbons (Fsp3) is 0.429. The fourth-order valence-electron chi connectivity index (χ4n) is 1.99. The molecule has 0 fully saturated rings. The van der Waals surface area contributed by atoms with Crippen LogP contribution in [0.2, 0.25) is 0 Å². The lowest BCUT2D eigenvalue weighted by Crippen LogP contribution is -2.24. The number of benzene rings is 1. The van der Waals surface area contributed by atoms with Gasteiger partial charge in [-0.1, -0.05) is 38.2 Å². The van der Waals surface area contributed by atoms with Gasteiger partial charge in [-0.3, -0.25) is 4.79 Å². The number of aryl methyl sites for hydroxylation is 1. The Bertz CT molecular complexity index is 453. The molecule has 0 bridgehead atoms. The average Bonchev–Trinajstić information content (AvgIpc) is 2.30. The summed E-state index contributed by atoms with van der Waals surface area (Å²) >= 11 is 5.04. The molecule has 0 radical (unpaired) electrons. The summed E-state index contributed by atoms with van der Waals surface area (Å²) < 4.78 is 0. The molecule has 1 amide bonds. The first-order valence-corrected chi connectivity index (χ1v) is 6.62. The zero-order valence-corrected chi connectivity index (χ0v) is 11.9. The molecule has 0 aliphatic heterocycles. The molecule has 0 unspecified atom stereocenters. The molecule has 18 heavy (non-hydrogen) atoms. The summed E-state index contributed by atoms with van der Waals surface area (Å²) in [6.07, 6.45) is 1.66. The van der Waals surface area contributed by atoms with E-state index in [-0.39, 0.29) is 11.8 Å². The molecular weight excluding hydrogens is 244 g/mol. The van der Waals surface area contributed by atoms with Crippen molar-refractivity contribution in [2.45, 2.75) is 33.6 Å². The van der Waals surface area contributed by atoms with Gasteiger partial charge in [0.05, 0.1) is 5.69 Å². The van der Waals surface area contributed by atoms with E-state index in [1.807, 2.05) is 39.0 Å². The predicted molar refractivity (Wildman–Crippen MR) is 79.8 cm³/mol. The second-order valence-electron chi connectivity index (χ2n) is 4.36. The highest BCUT2D eigenvalue weighted by atomic mass is 32.1. The number of nitrogens with one attached hydrogen (secondary N) is 1. The molecule has 0 heterocycles. The van der Waals surface area contributed by atoms with E-state index < -0.39 is 0 Å². The lowest BCUT2D eigenvalue weighted by Gasteiger charge is -2.16. The van der Waals surface area contributed by atoms with Crippen LogP contribution in [0.3, 0.4) is 0 Å². The summed E-state index contributed by atoms with van der Waals surface area (Å²) in [7, 11) is 0. The molecule has 1 aromatic rings. The molecule has 98 valence electrons. The fourth-order valence-corrected chi connectivity index (χ4v) is 2.26. The maximum Gasteiger partial charge on any atom is 0.227 e. The minimum absolute atomic E-state index is 0.0306. The Hall–Kier alpha value is -1.42. The van der Waals surface area contributed by atoms with Crippen molar-refractivity contribution in [1.82, 2.24) is 0 Å². The number of hydrogen-bond acceptors (Lipinski definition) is 2. The van der Waals surface area contributed by atoms with Crippen LogP contribution in [-0.4, -0.2) is 10.9 Å². The molecular formula is C14H20N2OS. The number of carbonyl (C=O) groups excluding carboxylic acids is 1. The van der Waals surface area contributed by atoms with E-state index in [4.69, 9.17) is 18.0 Å². The summed E-state index contributed by atoms with van der Waals surface area (Å²) in [5.41, 5.74) is 8.15. The molecule has 3 nitrogen and oxygen atoms in total. The number of nitrogens with two attached hydrogens (primary N) is 1. The van der Waals surface area contributed by atoms with Gasteiger partial charge in [0.25, 0.3) is 0 Å². The van der Waals surface area contributed by atoms with Gasteiger partial charge >= 0.3 is 0 Å². The van der Waals surface area contributed by atoms with Crippen molar-refractivity contribution in [2.24, 2.45) is 11.7 Å². The van der Waals surface area contributed by atoms with Crippen LogP contribution in [0.15, 0.2) is 18.2 Å². The SMILES string of the molecule is CCC(CC)C(=O)Nc1cccc(C)c1C(N)=S. The standard InChI is InChI=1S/C14H20N2OS/c1-4-10(5-2)14(17)16-11-8-6-7-9(3)12(11)13(15)18/h6-8,10H,4-5H2,1-3H3,(H2,15,18)(H,16,17). The van der Waals surface area contributed by atoms with E-state index in [0.29, 0.717) is 10.7 Å². The number of hydrogen-bond donors (Lipinski definition) is 2. The van der Waals surface area contributed by atoms with Gasteiger partial charge < -0.3 is 11.1 Å². The van der Waals surface area contributed by atoms with Gasteiger partial charge in [-0.05, 0) is 31.4 Å². The predicted octanol–water partition coefficient (Wildman–Crippen LogP) is 3.00. The van der Waals surface area contributed by atoms with Gasteiger partial charge in [0.2, 0.25) is 5.91 Å². The highest BCUT2D eigenvalue weighted by Crippen LogP contribution is 2.21. The highest BCUT2D eigenvalue weighted by molar-refractivity contribution is 7.80. The molecule has 0 aromatic heterocycles. The van der Waals surface area contributed by atoms with Gasteiger partial charge in [-0.2, -0.15) is 0 Å². The van der Waals surface area contributed by atoms with E-state index in [9.17, 15) is 4.79 Å². The second-order valence-corrected chi connectivity index (χ2v) is 4.80. The Morgan fingerprint density at radius 2 is 2.00 bits per heavy atom. The Labute approximate surface area is 114 Å².